The molecule has 0 aromatic carbocycles. The third kappa shape index (κ3) is 2.62. The maximum absolute atomic E-state index is 9.18. The zero-order valence-electron chi connectivity index (χ0n) is 10.1. The molecule has 4 heteroatoms. The van der Waals surface area contributed by atoms with Crippen molar-refractivity contribution in [2.24, 2.45) is 13.0 Å². The summed E-state index contributed by atoms with van der Waals surface area (Å²) < 4.78 is 1.88. The first-order valence-corrected chi connectivity index (χ1v) is 6.09. The average molecular weight is 223 g/mol. The zero-order chi connectivity index (χ0) is 11.5. The molecular formula is C12H21N3O. The summed E-state index contributed by atoms with van der Waals surface area (Å²) in [5, 5.41) is 17.0. The second-order valence-corrected chi connectivity index (χ2v) is 4.75. The lowest BCUT2D eigenvalue weighted by Gasteiger charge is -2.31. The van der Waals surface area contributed by atoms with E-state index in [1.165, 1.54) is 11.3 Å². The van der Waals surface area contributed by atoms with Crippen LogP contribution in [0.2, 0.25) is 0 Å². The van der Waals surface area contributed by atoms with Crippen molar-refractivity contribution >= 4 is 0 Å². The number of rotatable bonds is 5. The van der Waals surface area contributed by atoms with E-state index in [4.69, 9.17) is 0 Å². The van der Waals surface area contributed by atoms with Gasteiger partial charge in [0, 0.05) is 25.4 Å². The Balaban J connectivity index is 1.76. The molecule has 0 saturated heterocycles. The average Bonchev–Trinajstić information content (AvgIpc) is 2.56. The summed E-state index contributed by atoms with van der Waals surface area (Å²) in [7, 11) is 1.96. The molecule has 0 unspecified atom stereocenters. The van der Waals surface area contributed by atoms with Crippen molar-refractivity contribution in [2.75, 3.05) is 6.54 Å². The van der Waals surface area contributed by atoms with Gasteiger partial charge >= 0.3 is 0 Å². The highest BCUT2D eigenvalue weighted by Gasteiger charge is 2.26. The van der Waals surface area contributed by atoms with E-state index in [0.717, 1.165) is 32.4 Å². The van der Waals surface area contributed by atoms with E-state index >= 15 is 0 Å². The van der Waals surface area contributed by atoms with Crippen LogP contribution in [0.5, 0.6) is 0 Å². The number of aromatic nitrogens is 2. The summed E-state index contributed by atoms with van der Waals surface area (Å²) in [6.07, 6.45) is 4.94. The molecule has 0 bridgehead atoms. The number of aryl methyl sites for hydroxylation is 2. The van der Waals surface area contributed by atoms with Crippen LogP contribution in [0.3, 0.4) is 0 Å². The van der Waals surface area contributed by atoms with Crippen molar-refractivity contribution in [1.29, 1.82) is 0 Å². The van der Waals surface area contributed by atoms with Gasteiger partial charge in [0.2, 0.25) is 0 Å². The minimum absolute atomic E-state index is 0.0450. The number of hydrogen-bond acceptors (Lipinski definition) is 3. The summed E-state index contributed by atoms with van der Waals surface area (Å²) in [6, 6.07) is 0. The summed E-state index contributed by atoms with van der Waals surface area (Å²) in [4.78, 5) is 0. The van der Waals surface area contributed by atoms with Gasteiger partial charge in [-0.15, -0.1) is 0 Å². The van der Waals surface area contributed by atoms with Crippen LogP contribution < -0.4 is 5.32 Å². The molecule has 0 radical (unpaired) electrons. The second-order valence-electron chi connectivity index (χ2n) is 4.75. The standard InChI is InChI=1S/C12H21N3O/c1-3-12-10(8-15(2)14-12)7-13-6-9-4-11(16)5-9/h8-9,11,13,16H,3-7H2,1-2H3. The van der Waals surface area contributed by atoms with Crippen molar-refractivity contribution in [3.05, 3.63) is 17.5 Å². The number of aliphatic hydroxyl groups excluding tert-OH is 1. The third-order valence-corrected chi connectivity index (χ3v) is 3.29. The lowest BCUT2D eigenvalue weighted by Crippen LogP contribution is -2.35. The van der Waals surface area contributed by atoms with E-state index in [1.54, 1.807) is 0 Å². The molecule has 1 aliphatic carbocycles. The van der Waals surface area contributed by atoms with Crippen LogP contribution in [0.15, 0.2) is 6.20 Å². The first kappa shape index (κ1) is 11.6. The van der Waals surface area contributed by atoms with E-state index in [0.29, 0.717) is 5.92 Å². The maximum Gasteiger partial charge on any atom is 0.0666 e. The van der Waals surface area contributed by atoms with Crippen molar-refractivity contribution in [1.82, 2.24) is 15.1 Å². The Morgan fingerprint density at radius 1 is 1.56 bits per heavy atom. The molecule has 16 heavy (non-hydrogen) atoms. The molecule has 1 aromatic rings. The van der Waals surface area contributed by atoms with Crippen LogP contribution in [-0.2, 0) is 20.0 Å². The predicted octanol–water partition coefficient (Wildman–Crippen LogP) is 0.843. The SMILES string of the molecule is CCc1nn(C)cc1CNCC1CC(O)C1. The number of nitrogens with one attached hydrogen (secondary N) is 1. The van der Waals surface area contributed by atoms with Crippen LogP contribution in [0, 0.1) is 5.92 Å². The van der Waals surface area contributed by atoms with Gasteiger partial charge in [-0.1, -0.05) is 6.92 Å². The van der Waals surface area contributed by atoms with Crippen molar-refractivity contribution in [2.45, 2.75) is 38.8 Å². The smallest absolute Gasteiger partial charge is 0.0666 e. The van der Waals surface area contributed by atoms with Crippen LogP contribution in [0.1, 0.15) is 31.0 Å². The van der Waals surface area contributed by atoms with Crippen LogP contribution in [-0.4, -0.2) is 27.5 Å². The highest BCUT2D eigenvalue weighted by atomic mass is 16.3. The molecular weight excluding hydrogens is 202 g/mol. The molecule has 2 N–H and O–H groups in total. The first-order chi connectivity index (χ1) is 7.69. The topological polar surface area (TPSA) is 50.1 Å². The van der Waals surface area contributed by atoms with Gasteiger partial charge in [0.15, 0.2) is 0 Å². The molecule has 1 heterocycles. The fraction of sp³-hybridized carbons (Fsp3) is 0.750. The second kappa shape index (κ2) is 4.97. The molecule has 1 aliphatic rings. The maximum atomic E-state index is 9.18. The minimum Gasteiger partial charge on any atom is -0.393 e. The van der Waals surface area contributed by atoms with Gasteiger partial charge in [0.1, 0.15) is 0 Å². The van der Waals surface area contributed by atoms with E-state index < -0.39 is 0 Å². The summed E-state index contributed by atoms with van der Waals surface area (Å²) in [5.41, 5.74) is 2.48. The van der Waals surface area contributed by atoms with Crippen molar-refractivity contribution in [3.63, 3.8) is 0 Å². The molecule has 2 rings (SSSR count). The Morgan fingerprint density at radius 3 is 2.94 bits per heavy atom. The highest BCUT2D eigenvalue weighted by Crippen LogP contribution is 2.26. The highest BCUT2D eigenvalue weighted by molar-refractivity contribution is 5.16. The van der Waals surface area contributed by atoms with E-state index in [2.05, 4.69) is 23.5 Å². The molecule has 90 valence electrons. The first-order valence-electron chi connectivity index (χ1n) is 6.09. The summed E-state index contributed by atoms with van der Waals surface area (Å²) >= 11 is 0. The van der Waals surface area contributed by atoms with Gasteiger partial charge in [-0.3, -0.25) is 4.68 Å². The van der Waals surface area contributed by atoms with Gasteiger partial charge in [0.05, 0.1) is 11.8 Å². The molecule has 0 aliphatic heterocycles. The van der Waals surface area contributed by atoms with Crippen molar-refractivity contribution < 1.29 is 5.11 Å². The van der Waals surface area contributed by atoms with Gasteiger partial charge in [0.25, 0.3) is 0 Å². The molecule has 1 fully saturated rings. The van der Waals surface area contributed by atoms with Crippen LogP contribution in [0.25, 0.3) is 0 Å². The predicted molar refractivity (Wildman–Crippen MR) is 63.0 cm³/mol. The van der Waals surface area contributed by atoms with Gasteiger partial charge < -0.3 is 10.4 Å². The van der Waals surface area contributed by atoms with E-state index in [-0.39, 0.29) is 6.10 Å². The third-order valence-electron chi connectivity index (χ3n) is 3.29. The lowest BCUT2D eigenvalue weighted by atomic mass is 9.82. The number of aliphatic hydroxyl groups is 1. The lowest BCUT2D eigenvalue weighted by molar-refractivity contribution is 0.0429. The summed E-state index contributed by atoms with van der Waals surface area (Å²) in [5.74, 6) is 0.664. The minimum atomic E-state index is -0.0450. The molecule has 1 saturated carbocycles. The molecule has 0 atom stereocenters. The van der Waals surface area contributed by atoms with Gasteiger partial charge in [-0.25, -0.2) is 0 Å². The normalized spacial score (nSPS) is 24.4. The zero-order valence-corrected chi connectivity index (χ0v) is 10.1. The largest absolute Gasteiger partial charge is 0.393 e. The molecule has 1 aromatic heterocycles. The van der Waals surface area contributed by atoms with Crippen LogP contribution in [0.4, 0.5) is 0 Å². The number of nitrogens with zero attached hydrogens (tertiary/aromatic N) is 2. The van der Waals surface area contributed by atoms with Gasteiger partial charge in [-0.2, -0.15) is 5.10 Å². The van der Waals surface area contributed by atoms with E-state index in [9.17, 15) is 5.11 Å². The van der Waals surface area contributed by atoms with Crippen LogP contribution >= 0.6 is 0 Å². The Kier molecular flexibility index (Phi) is 3.61. The fourth-order valence-corrected chi connectivity index (χ4v) is 2.31. The fourth-order valence-electron chi connectivity index (χ4n) is 2.31. The Bertz CT molecular complexity index is 342. The quantitative estimate of drug-likeness (QED) is 0.778. The van der Waals surface area contributed by atoms with Gasteiger partial charge in [-0.05, 0) is 31.7 Å². The number of hydrogen-bond donors (Lipinski definition) is 2. The summed E-state index contributed by atoms with van der Waals surface area (Å²) in [6.45, 7) is 4.03. The molecule has 0 amide bonds. The Hall–Kier alpha value is -0.870. The van der Waals surface area contributed by atoms with E-state index in [1.807, 2.05) is 11.7 Å². The molecule has 0 spiro atoms. The monoisotopic (exact) mass is 223 g/mol. The molecule has 4 nitrogen and oxygen atoms in total. The Labute approximate surface area is 96.7 Å². The van der Waals surface area contributed by atoms with Crippen molar-refractivity contribution in [3.8, 4) is 0 Å². The Morgan fingerprint density at radius 2 is 2.31 bits per heavy atom.